The fourth-order valence-corrected chi connectivity index (χ4v) is 3.82. The number of hydrogen-bond donors (Lipinski definition) is 2. The molecule has 1 aliphatic rings. The van der Waals surface area contributed by atoms with Crippen molar-refractivity contribution in [2.24, 2.45) is 0 Å². The first-order valence-corrected chi connectivity index (χ1v) is 7.69. The lowest BCUT2D eigenvalue weighted by Crippen LogP contribution is -2.50. The van der Waals surface area contributed by atoms with E-state index in [1.54, 1.807) is 0 Å². The molecule has 1 heterocycles. The van der Waals surface area contributed by atoms with E-state index in [4.69, 9.17) is 15.2 Å². The molecule has 7 nitrogen and oxygen atoms in total. The first-order valence-electron chi connectivity index (χ1n) is 6.25. The normalized spacial score (nSPS) is 20.4. The smallest absolute Gasteiger partial charge is 0.243 e. The zero-order chi connectivity index (χ0) is 15.6. The number of anilines is 1. The summed E-state index contributed by atoms with van der Waals surface area (Å²) in [5.74, 6) is -1.06. The minimum Gasteiger partial charge on any atom is -0.492 e. The summed E-state index contributed by atoms with van der Waals surface area (Å²) in [5.41, 5.74) is 5.50. The van der Waals surface area contributed by atoms with Crippen LogP contribution >= 0.6 is 0 Å². The van der Waals surface area contributed by atoms with E-state index < -0.39 is 21.9 Å². The van der Waals surface area contributed by atoms with Gasteiger partial charge < -0.3 is 20.3 Å². The number of aliphatic hydroxyl groups is 1. The van der Waals surface area contributed by atoms with Crippen molar-refractivity contribution < 1.29 is 27.4 Å². The minimum atomic E-state index is -3.98. The summed E-state index contributed by atoms with van der Waals surface area (Å²) in [6.45, 7) is 0.00214. The third-order valence-electron chi connectivity index (χ3n) is 3.24. The maximum absolute atomic E-state index is 13.8. The van der Waals surface area contributed by atoms with Gasteiger partial charge in [-0.3, -0.25) is 0 Å². The minimum absolute atomic E-state index is 0.0844. The fraction of sp³-hybridized carbons (Fsp3) is 0.500. The highest BCUT2D eigenvalue weighted by Crippen LogP contribution is 2.30. The lowest BCUT2D eigenvalue weighted by atomic mass is 10.3. The standard InChI is InChI=1S/C12H17FN2O5S/c1-19-12-10(13)4-9(5-11(12)14)21(17,18)15-2-3-20-7-8(15)6-16/h4-5,8,16H,2-3,6-7,14H2,1H3. The van der Waals surface area contributed by atoms with Crippen molar-refractivity contribution in [1.82, 2.24) is 4.31 Å². The summed E-state index contributed by atoms with van der Waals surface area (Å²) in [6.07, 6.45) is 0. The van der Waals surface area contributed by atoms with E-state index in [-0.39, 0.29) is 42.7 Å². The van der Waals surface area contributed by atoms with Gasteiger partial charge in [0.25, 0.3) is 0 Å². The van der Waals surface area contributed by atoms with Gasteiger partial charge in [0, 0.05) is 6.54 Å². The van der Waals surface area contributed by atoms with Crippen LogP contribution < -0.4 is 10.5 Å². The van der Waals surface area contributed by atoms with Gasteiger partial charge in [-0.2, -0.15) is 4.31 Å². The number of aliphatic hydroxyl groups excluding tert-OH is 1. The second-order valence-electron chi connectivity index (χ2n) is 4.55. The van der Waals surface area contributed by atoms with E-state index >= 15 is 0 Å². The van der Waals surface area contributed by atoms with E-state index in [0.717, 1.165) is 16.4 Å². The second kappa shape index (κ2) is 6.14. The van der Waals surface area contributed by atoms with Gasteiger partial charge in [-0.15, -0.1) is 0 Å². The Balaban J connectivity index is 2.44. The second-order valence-corrected chi connectivity index (χ2v) is 6.45. The van der Waals surface area contributed by atoms with Crippen molar-refractivity contribution in [3.63, 3.8) is 0 Å². The number of sulfonamides is 1. The molecule has 1 atom stereocenters. The molecule has 1 aromatic rings. The highest BCUT2D eigenvalue weighted by atomic mass is 32.2. The number of halogens is 1. The van der Waals surface area contributed by atoms with Crippen molar-refractivity contribution in [2.45, 2.75) is 10.9 Å². The summed E-state index contributed by atoms with van der Waals surface area (Å²) in [4.78, 5) is -0.279. The van der Waals surface area contributed by atoms with Crippen LogP contribution in [0.4, 0.5) is 10.1 Å². The molecule has 3 N–H and O–H groups in total. The predicted octanol–water partition coefficient (Wildman–Crippen LogP) is -0.202. The number of rotatable bonds is 4. The maximum Gasteiger partial charge on any atom is 0.243 e. The van der Waals surface area contributed by atoms with Crippen molar-refractivity contribution >= 4 is 15.7 Å². The number of benzene rings is 1. The zero-order valence-electron chi connectivity index (χ0n) is 11.5. The number of nitrogen functional groups attached to an aromatic ring is 1. The average molecular weight is 320 g/mol. The van der Waals surface area contributed by atoms with E-state index in [1.165, 1.54) is 7.11 Å². The number of ether oxygens (including phenoxy) is 2. The lowest BCUT2D eigenvalue weighted by molar-refractivity contribution is 0.0109. The molecule has 1 unspecified atom stereocenters. The third-order valence-corrected chi connectivity index (χ3v) is 5.17. The fourth-order valence-electron chi connectivity index (χ4n) is 2.19. The zero-order valence-corrected chi connectivity index (χ0v) is 12.3. The van der Waals surface area contributed by atoms with Crippen LogP contribution in [-0.2, 0) is 14.8 Å². The molecule has 1 saturated heterocycles. The Morgan fingerprint density at radius 2 is 2.29 bits per heavy atom. The van der Waals surface area contributed by atoms with Gasteiger partial charge >= 0.3 is 0 Å². The maximum atomic E-state index is 13.8. The molecule has 1 fully saturated rings. The largest absolute Gasteiger partial charge is 0.492 e. The van der Waals surface area contributed by atoms with Crippen molar-refractivity contribution in [2.75, 3.05) is 39.2 Å². The van der Waals surface area contributed by atoms with Crippen LogP contribution in [0.3, 0.4) is 0 Å². The molecule has 1 aromatic carbocycles. The van der Waals surface area contributed by atoms with Crippen LogP contribution in [0.15, 0.2) is 17.0 Å². The lowest BCUT2D eigenvalue weighted by Gasteiger charge is -2.33. The monoisotopic (exact) mass is 320 g/mol. The van der Waals surface area contributed by atoms with Gasteiger partial charge in [0.15, 0.2) is 11.6 Å². The predicted molar refractivity (Wildman–Crippen MR) is 72.9 cm³/mol. The summed E-state index contributed by atoms with van der Waals surface area (Å²) in [5, 5.41) is 9.26. The number of nitrogens with zero attached hydrogens (tertiary/aromatic N) is 1. The van der Waals surface area contributed by atoms with Crippen LogP contribution in [-0.4, -0.2) is 57.3 Å². The van der Waals surface area contributed by atoms with Crippen LogP contribution in [0.5, 0.6) is 5.75 Å². The molecule has 2 rings (SSSR count). The number of hydrogen-bond acceptors (Lipinski definition) is 6. The van der Waals surface area contributed by atoms with Gasteiger partial charge in [0.1, 0.15) is 0 Å². The van der Waals surface area contributed by atoms with Gasteiger partial charge in [0.05, 0.1) is 43.6 Å². The molecule has 1 aliphatic heterocycles. The first kappa shape index (κ1) is 16.0. The molecule has 9 heteroatoms. The highest BCUT2D eigenvalue weighted by Gasteiger charge is 2.34. The van der Waals surface area contributed by atoms with Gasteiger partial charge in [0.2, 0.25) is 10.0 Å². The summed E-state index contributed by atoms with van der Waals surface area (Å²) in [7, 11) is -2.73. The Hall–Kier alpha value is -1.42. The molecule has 0 amide bonds. The van der Waals surface area contributed by atoms with E-state index in [0.29, 0.717) is 0 Å². The van der Waals surface area contributed by atoms with Crippen molar-refractivity contribution in [1.29, 1.82) is 0 Å². The molecular formula is C12H17FN2O5S. The SMILES string of the molecule is COc1c(N)cc(S(=O)(=O)N2CCOCC2CO)cc1F. The topological polar surface area (TPSA) is 102 Å². The van der Waals surface area contributed by atoms with Crippen molar-refractivity contribution in [3.05, 3.63) is 17.9 Å². The first-order chi connectivity index (χ1) is 9.91. The summed E-state index contributed by atoms with van der Waals surface area (Å²) in [6, 6.07) is 1.30. The van der Waals surface area contributed by atoms with Gasteiger partial charge in [-0.25, -0.2) is 12.8 Å². The van der Waals surface area contributed by atoms with Crippen molar-refractivity contribution in [3.8, 4) is 5.75 Å². The van der Waals surface area contributed by atoms with Crippen LogP contribution in [0.2, 0.25) is 0 Å². The molecule has 0 saturated carbocycles. The number of methoxy groups -OCH3 is 1. The number of nitrogens with two attached hydrogens (primary N) is 1. The molecule has 0 radical (unpaired) electrons. The van der Waals surface area contributed by atoms with Gasteiger partial charge in [-0.1, -0.05) is 0 Å². The molecule has 0 aliphatic carbocycles. The molecule has 0 bridgehead atoms. The Morgan fingerprint density at radius 1 is 1.57 bits per heavy atom. The average Bonchev–Trinajstić information content (AvgIpc) is 2.46. The number of morpholine rings is 1. The van der Waals surface area contributed by atoms with E-state index in [2.05, 4.69) is 0 Å². The quantitative estimate of drug-likeness (QED) is 0.745. The van der Waals surface area contributed by atoms with Crippen LogP contribution in [0.1, 0.15) is 0 Å². The Morgan fingerprint density at radius 3 is 2.86 bits per heavy atom. The Bertz CT molecular complexity index is 599. The summed E-state index contributed by atoms with van der Waals surface area (Å²) >= 11 is 0. The third kappa shape index (κ3) is 2.95. The van der Waals surface area contributed by atoms with E-state index in [1.807, 2.05) is 0 Å². The Kier molecular flexibility index (Phi) is 4.67. The Labute approximate surface area is 122 Å². The van der Waals surface area contributed by atoms with E-state index in [9.17, 15) is 17.9 Å². The molecule has 21 heavy (non-hydrogen) atoms. The molecule has 0 spiro atoms. The highest BCUT2D eigenvalue weighted by molar-refractivity contribution is 7.89. The van der Waals surface area contributed by atoms with Crippen LogP contribution in [0, 0.1) is 5.82 Å². The molecule has 0 aromatic heterocycles. The molecule has 118 valence electrons. The van der Waals surface area contributed by atoms with Crippen LogP contribution in [0.25, 0.3) is 0 Å². The summed E-state index contributed by atoms with van der Waals surface area (Å²) < 4.78 is 49.9. The molecular weight excluding hydrogens is 303 g/mol. The van der Waals surface area contributed by atoms with Gasteiger partial charge in [-0.05, 0) is 12.1 Å².